The molecule has 0 fully saturated rings. The largest absolute Gasteiger partial charge is 0.497 e. The van der Waals surface area contributed by atoms with Gasteiger partial charge in [-0.2, -0.15) is 8.42 Å². The fourth-order valence-electron chi connectivity index (χ4n) is 6.33. The van der Waals surface area contributed by atoms with E-state index in [2.05, 4.69) is 52.7 Å². The number of sulfonamides is 1. The molecule has 0 saturated heterocycles. The SMILES string of the molecule is CCCC[N+](CCCC)(CCCC)CCCC.COc1ccc(CCCO)c(Nc2nc3ccccc3nc2NS(=O)(=O)c2cn(C)c(CCO)n2)c1. The Balaban J connectivity index is 0.000000377. The molecule has 12 nitrogen and oxygen atoms in total. The molecule has 0 aliphatic rings. The van der Waals surface area contributed by atoms with Crippen LogP contribution < -0.4 is 14.8 Å². The molecule has 0 atom stereocenters. The van der Waals surface area contributed by atoms with Crippen LogP contribution in [0.25, 0.3) is 11.0 Å². The summed E-state index contributed by atoms with van der Waals surface area (Å²) >= 11 is 0. The molecule has 0 aliphatic carbocycles. The Morgan fingerprint density at radius 3 is 1.83 bits per heavy atom. The number of aliphatic hydroxyl groups is 2. The summed E-state index contributed by atoms with van der Waals surface area (Å²) in [4.78, 5) is 13.3. The van der Waals surface area contributed by atoms with Gasteiger partial charge in [-0.3, -0.25) is 4.72 Å². The number of imidazole rings is 1. The Hall–Kier alpha value is -3.78. The summed E-state index contributed by atoms with van der Waals surface area (Å²) in [6.45, 7) is 14.9. The molecule has 0 saturated carbocycles. The molecule has 2 aromatic carbocycles. The van der Waals surface area contributed by atoms with Gasteiger partial charge in [-0.15, -0.1) is 0 Å². The average molecular weight is 755 g/mol. The number of hydrogen-bond donors (Lipinski definition) is 4. The Bertz CT molecular complexity index is 1740. The first kappa shape index (κ1) is 43.6. The van der Waals surface area contributed by atoms with Gasteiger partial charge in [-0.25, -0.2) is 15.0 Å². The van der Waals surface area contributed by atoms with Gasteiger partial charge in [0.25, 0.3) is 10.0 Å². The molecule has 53 heavy (non-hydrogen) atoms. The molecule has 0 spiro atoms. The monoisotopic (exact) mass is 754 g/mol. The summed E-state index contributed by atoms with van der Waals surface area (Å²) < 4.78 is 37.3. The minimum absolute atomic E-state index is 0.000936. The lowest BCUT2D eigenvalue weighted by Crippen LogP contribution is -2.50. The highest BCUT2D eigenvalue weighted by atomic mass is 32.2. The van der Waals surface area contributed by atoms with Gasteiger partial charge >= 0.3 is 0 Å². The molecule has 0 amide bonds. The second-order valence-corrected chi connectivity index (χ2v) is 15.3. The van der Waals surface area contributed by atoms with E-state index in [9.17, 15) is 18.6 Å². The van der Waals surface area contributed by atoms with E-state index in [1.807, 2.05) is 18.2 Å². The van der Waals surface area contributed by atoms with Crippen LogP contribution in [-0.2, 0) is 29.9 Å². The average Bonchev–Trinajstić information content (AvgIpc) is 3.54. The highest BCUT2D eigenvalue weighted by Gasteiger charge is 2.25. The minimum Gasteiger partial charge on any atom is -0.497 e. The second kappa shape index (κ2) is 22.4. The topological polar surface area (TPSA) is 151 Å². The van der Waals surface area contributed by atoms with Crippen LogP contribution in [0.15, 0.2) is 53.7 Å². The first-order valence-electron chi connectivity index (χ1n) is 19.4. The molecular weight excluding hydrogens is 691 g/mol. The number of aliphatic hydroxyl groups excluding tert-OH is 2. The number of hydrogen-bond acceptors (Lipinski definition) is 9. The van der Waals surface area contributed by atoms with Gasteiger partial charge in [0.15, 0.2) is 16.7 Å². The van der Waals surface area contributed by atoms with Crippen LogP contribution in [-0.4, -0.2) is 89.1 Å². The highest BCUT2D eigenvalue weighted by Crippen LogP contribution is 2.31. The number of aromatic nitrogens is 4. The number of unbranched alkanes of at least 4 members (excludes halogenated alkanes) is 4. The molecule has 0 radical (unpaired) electrons. The van der Waals surface area contributed by atoms with Gasteiger partial charge in [0.1, 0.15) is 11.6 Å². The van der Waals surface area contributed by atoms with Gasteiger partial charge in [-0.05, 0) is 62.3 Å². The molecule has 0 unspecified atom stereocenters. The lowest BCUT2D eigenvalue weighted by atomic mass is 10.1. The van der Waals surface area contributed by atoms with Crippen LogP contribution >= 0.6 is 0 Å². The molecule has 294 valence electrons. The van der Waals surface area contributed by atoms with Crippen molar-refractivity contribution >= 4 is 38.4 Å². The summed E-state index contributed by atoms with van der Waals surface area (Å²) in [7, 11) is -0.899. The smallest absolute Gasteiger partial charge is 0.282 e. The Labute approximate surface area is 317 Å². The number of benzene rings is 2. The standard InChI is InChI=1S/C24H28N6O5S.C16H36N/c1-30-15-22(28-21(30)11-13-32)36(33,34)29-24-23(25-18-7-3-4-8-19(18)26-24)27-20-14-17(35-2)10-9-16(20)6-5-12-31;1-5-9-13-17(14-10-6-2,15-11-7-3)16-12-8-4/h3-4,7-10,14-15,31-32H,5-6,11-13H2,1-2H3,(H,25,27)(H,26,29);5-16H2,1-4H3/q;+1. The maximum Gasteiger partial charge on any atom is 0.282 e. The van der Waals surface area contributed by atoms with Crippen molar-refractivity contribution < 1.29 is 27.9 Å². The van der Waals surface area contributed by atoms with Crippen molar-refractivity contribution in [3.8, 4) is 5.75 Å². The quantitative estimate of drug-likeness (QED) is 0.0569. The predicted octanol–water partition coefficient (Wildman–Crippen LogP) is 7.38. The third kappa shape index (κ3) is 13.2. The number of methoxy groups -OCH3 is 1. The second-order valence-electron chi connectivity index (χ2n) is 13.7. The summed E-state index contributed by atoms with van der Waals surface area (Å²) in [6.07, 6.45) is 13.8. The van der Waals surface area contributed by atoms with E-state index in [0.717, 1.165) is 5.56 Å². The van der Waals surface area contributed by atoms with Crippen molar-refractivity contribution in [3.63, 3.8) is 0 Å². The number of para-hydroxylation sites is 2. The number of aryl methyl sites for hydroxylation is 2. The van der Waals surface area contributed by atoms with Crippen LogP contribution in [0.2, 0.25) is 0 Å². The van der Waals surface area contributed by atoms with E-state index in [4.69, 9.17) is 4.74 Å². The predicted molar refractivity (Wildman–Crippen MR) is 215 cm³/mol. The molecule has 4 rings (SSSR count). The van der Waals surface area contributed by atoms with Crippen LogP contribution in [0.4, 0.5) is 17.3 Å². The van der Waals surface area contributed by atoms with E-state index in [-0.39, 0.29) is 36.3 Å². The van der Waals surface area contributed by atoms with Crippen molar-refractivity contribution in [1.82, 2.24) is 19.5 Å². The van der Waals surface area contributed by atoms with Crippen LogP contribution in [0.3, 0.4) is 0 Å². The van der Waals surface area contributed by atoms with Gasteiger partial charge in [0, 0.05) is 38.0 Å². The number of ether oxygens (including phenoxy) is 1. The molecule has 4 aromatic rings. The lowest BCUT2D eigenvalue weighted by Gasteiger charge is -2.39. The highest BCUT2D eigenvalue weighted by molar-refractivity contribution is 7.92. The number of anilines is 3. The van der Waals surface area contributed by atoms with Gasteiger partial charge in [0.2, 0.25) is 0 Å². The van der Waals surface area contributed by atoms with Crippen molar-refractivity contribution in [3.05, 3.63) is 60.0 Å². The number of quaternary nitrogens is 1. The first-order chi connectivity index (χ1) is 25.6. The zero-order valence-electron chi connectivity index (χ0n) is 32.9. The van der Waals surface area contributed by atoms with Crippen molar-refractivity contribution in [2.24, 2.45) is 7.05 Å². The Morgan fingerprint density at radius 2 is 1.32 bits per heavy atom. The number of rotatable bonds is 23. The zero-order valence-corrected chi connectivity index (χ0v) is 33.7. The van der Waals surface area contributed by atoms with E-state index in [1.54, 1.807) is 43.0 Å². The van der Waals surface area contributed by atoms with Crippen molar-refractivity contribution in [1.29, 1.82) is 0 Å². The summed E-state index contributed by atoms with van der Waals surface area (Å²) in [5, 5.41) is 21.5. The maximum atomic E-state index is 13.2. The summed E-state index contributed by atoms with van der Waals surface area (Å²) in [5.74, 6) is 1.23. The van der Waals surface area contributed by atoms with Gasteiger partial charge in [0.05, 0.1) is 50.9 Å². The number of fused-ring (bicyclic) bond motifs is 1. The Morgan fingerprint density at radius 1 is 0.755 bits per heavy atom. The minimum atomic E-state index is -4.12. The third-order valence-electron chi connectivity index (χ3n) is 9.48. The molecule has 13 heteroatoms. The van der Waals surface area contributed by atoms with Crippen LogP contribution in [0.5, 0.6) is 5.75 Å². The molecule has 0 bridgehead atoms. The van der Waals surface area contributed by atoms with E-state index < -0.39 is 10.0 Å². The van der Waals surface area contributed by atoms with Crippen LogP contribution in [0, 0.1) is 0 Å². The normalized spacial score (nSPS) is 11.7. The van der Waals surface area contributed by atoms with E-state index in [1.165, 1.54) is 88.2 Å². The number of nitrogens with one attached hydrogen (secondary N) is 2. The molecule has 4 N–H and O–H groups in total. The van der Waals surface area contributed by atoms with E-state index >= 15 is 0 Å². The first-order valence-corrected chi connectivity index (χ1v) is 20.9. The molecule has 2 aromatic heterocycles. The van der Waals surface area contributed by atoms with Crippen LogP contribution in [0.1, 0.15) is 96.9 Å². The van der Waals surface area contributed by atoms with E-state index in [0.29, 0.717) is 41.1 Å². The lowest BCUT2D eigenvalue weighted by molar-refractivity contribution is -0.929. The molecular formula is C40H64N7O5S+. The molecule has 2 heterocycles. The fourth-order valence-corrected chi connectivity index (χ4v) is 7.36. The van der Waals surface area contributed by atoms with Gasteiger partial charge in [-0.1, -0.05) is 71.6 Å². The van der Waals surface area contributed by atoms with Gasteiger partial charge < -0.3 is 29.3 Å². The third-order valence-corrected chi connectivity index (χ3v) is 10.7. The zero-order chi connectivity index (χ0) is 38.7. The Kier molecular flexibility index (Phi) is 18.5. The van der Waals surface area contributed by atoms with Crippen molar-refractivity contribution in [2.45, 2.75) is 103 Å². The fraction of sp³-hybridized carbons (Fsp3) is 0.575. The summed E-state index contributed by atoms with van der Waals surface area (Å²) in [6, 6.07) is 12.6. The summed E-state index contributed by atoms with van der Waals surface area (Å²) in [5.41, 5.74) is 2.63. The maximum absolute atomic E-state index is 13.2. The van der Waals surface area contributed by atoms with Crippen molar-refractivity contribution in [2.75, 3.05) is 56.5 Å². The molecule has 0 aliphatic heterocycles. The number of nitrogens with zero attached hydrogens (tertiary/aromatic N) is 5.